The zero-order chi connectivity index (χ0) is 9.19. The highest BCUT2D eigenvalue weighted by Gasteiger charge is 1.77. The van der Waals surface area contributed by atoms with Gasteiger partial charge in [0, 0.05) is 6.21 Å². The molecule has 1 aliphatic rings. The smallest absolute Gasteiger partial charge is 0.185 e. The van der Waals surface area contributed by atoms with Crippen LogP contribution in [0.4, 0.5) is 0 Å². The van der Waals surface area contributed by atoms with Gasteiger partial charge in [0.05, 0.1) is 0 Å². The Morgan fingerprint density at radius 1 is 1.00 bits per heavy atom. The quantitative estimate of drug-likeness (QED) is 0.529. The molecular weight excluding hydrogens is 168 g/mol. The van der Waals surface area contributed by atoms with E-state index in [-0.39, 0.29) is 6.73 Å². The molecular formula is C9H10N2O2. The fraction of sp³-hybridized carbons (Fsp3) is 0.111. The van der Waals surface area contributed by atoms with Crippen LogP contribution in [0.5, 0.6) is 0 Å². The molecule has 4 nitrogen and oxygen atoms in total. The van der Waals surface area contributed by atoms with E-state index in [0.717, 1.165) is 0 Å². The Kier molecular flexibility index (Phi) is 5.06. The molecule has 0 saturated carbocycles. The van der Waals surface area contributed by atoms with E-state index in [2.05, 4.69) is 19.8 Å². The summed E-state index contributed by atoms with van der Waals surface area (Å²) in [4.78, 5) is 16.9. The second kappa shape index (κ2) is 7.00. The van der Waals surface area contributed by atoms with Crippen LogP contribution in [0.2, 0.25) is 0 Å². The first kappa shape index (κ1) is 9.41. The highest BCUT2D eigenvalue weighted by molar-refractivity contribution is 5.80. The van der Waals surface area contributed by atoms with Crippen LogP contribution >= 0.6 is 0 Å². The van der Waals surface area contributed by atoms with E-state index in [1.807, 2.05) is 18.2 Å². The third kappa shape index (κ3) is 5.57. The summed E-state index contributed by atoms with van der Waals surface area (Å²) in [6.07, 6.45) is 13.5. The molecule has 0 N–H and O–H groups in total. The summed E-state index contributed by atoms with van der Waals surface area (Å²) >= 11 is 0. The zero-order valence-electron chi connectivity index (χ0n) is 7.04. The highest BCUT2D eigenvalue weighted by atomic mass is 17.2. The summed E-state index contributed by atoms with van der Waals surface area (Å²) in [5.74, 6) is 0. The predicted octanol–water partition coefficient (Wildman–Crippen LogP) is 1.63. The van der Waals surface area contributed by atoms with Crippen molar-refractivity contribution in [3.63, 3.8) is 0 Å². The van der Waals surface area contributed by atoms with Gasteiger partial charge in [-0.1, -0.05) is 18.2 Å². The Morgan fingerprint density at radius 2 is 1.85 bits per heavy atom. The lowest BCUT2D eigenvalue weighted by Crippen LogP contribution is -1.87. The van der Waals surface area contributed by atoms with Crippen molar-refractivity contribution in [2.24, 2.45) is 9.98 Å². The van der Waals surface area contributed by atoms with E-state index in [1.54, 1.807) is 18.4 Å². The fourth-order valence-electron chi connectivity index (χ4n) is 0.588. The Hall–Kier alpha value is -1.68. The van der Waals surface area contributed by atoms with E-state index >= 15 is 0 Å². The molecule has 0 aliphatic carbocycles. The number of rotatable bonds is 0. The molecule has 13 heavy (non-hydrogen) atoms. The summed E-state index contributed by atoms with van der Waals surface area (Å²) < 4.78 is 0. The molecule has 1 rings (SSSR count). The minimum atomic E-state index is 0.134. The molecule has 0 amide bonds. The molecule has 68 valence electrons. The van der Waals surface area contributed by atoms with Gasteiger partial charge in [-0.3, -0.25) is 0 Å². The van der Waals surface area contributed by atoms with E-state index in [4.69, 9.17) is 0 Å². The number of hydrogen-bond acceptors (Lipinski definition) is 4. The third-order valence-electron chi connectivity index (χ3n) is 1.09. The van der Waals surface area contributed by atoms with Gasteiger partial charge in [0.2, 0.25) is 0 Å². The summed E-state index contributed by atoms with van der Waals surface area (Å²) in [7, 11) is 0. The zero-order valence-corrected chi connectivity index (χ0v) is 7.04. The summed E-state index contributed by atoms with van der Waals surface area (Å²) in [5.41, 5.74) is 0. The minimum absolute atomic E-state index is 0.134. The molecule has 4 heteroatoms. The molecule has 0 bridgehead atoms. The standard InChI is InChI=1S/C9H10N2O2/c1-2-4-6-10-8-11-9-13-12-7-5-3-1/h1-8H,9H2. The van der Waals surface area contributed by atoms with E-state index in [9.17, 15) is 0 Å². The average molecular weight is 178 g/mol. The largest absolute Gasteiger partial charge is 0.344 e. The molecule has 0 aromatic heterocycles. The Morgan fingerprint density at radius 3 is 2.85 bits per heavy atom. The van der Waals surface area contributed by atoms with Crippen LogP contribution in [0.3, 0.4) is 0 Å². The molecule has 0 aromatic carbocycles. The maximum Gasteiger partial charge on any atom is 0.185 e. The van der Waals surface area contributed by atoms with Crippen molar-refractivity contribution in [1.29, 1.82) is 0 Å². The monoisotopic (exact) mass is 178 g/mol. The Labute approximate surface area is 76.5 Å². The lowest BCUT2D eigenvalue weighted by atomic mass is 10.4. The van der Waals surface area contributed by atoms with Crippen molar-refractivity contribution >= 4 is 12.6 Å². The van der Waals surface area contributed by atoms with Crippen LogP contribution in [-0.4, -0.2) is 19.3 Å². The third-order valence-corrected chi connectivity index (χ3v) is 1.09. The topological polar surface area (TPSA) is 43.2 Å². The van der Waals surface area contributed by atoms with Gasteiger partial charge in [0.15, 0.2) is 6.73 Å². The summed E-state index contributed by atoms with van der Waals surface area (Å²) in [5, 5.41) is 0. The Bertz CT molecular complexity index is 239. The predicted molar refractivity (Wildman–Crippen MR) is 51.4 cm³/mol. The van der Waals surface area contributed by atoms with Gasteiger partial charge in [-0.2, -0.15) is 4.89 Å². The summed E-state index contributed by atoms with van der Waals surface area (Å²) in [6, 6.07) is 0. The second-order valence-electron chi connectivity index (χ2n) is 2.04. The van der Waals surface area contributed by atoms with Crippen molar-refractivity contribution in [3.05, 3.63) is 36.6 Å². The first-order valence-corrected chi connectivity index (χ1v) is 3.78. The second-order valence-corrected chi connectivity index (χ2v) is 2.04. The fourth-order valence-corrected chi connectivity index (χ4v) is 0.588. The molecule has 0 unspecified atom stereocenters. The lowest BCUT2D eigenvalue weighted by molar-refractivity contribution is -0.246. The normalized spacial score (nSPS) is 17.2. The van der Waals surface area contributed by atoms with Crippen LogP contribution in [-0.2, 0) is 9.78 Å². The maximum absolute atomic E-state index is 4.63. The van der Waals surface area contributed by atoms with Crippen LogP contribution in [0.1, 0.15) is 0 Å². The van der Waals surface area contributed by atoms with Crippen molar-refractivity contribution in [3.8, 4) is 0 Å². The van der Waals surface area contributed by atoms with Crippen molar-refractivity contribution in [1.82, 2.24) is 0 Å². The Balaban J connectivity index is 2.51. The van der Waals surface area contributed by atoms with Gasteiger partial charge in [-0.05, 0) is 12.2 Å². The van der Waals surface area contributed by atoms with Crippen LogP contribution in [0, 0.1) is 0 Å². The maximum atomic E-state index is 4.63. The van der Waals surface area contributed by atoms with Gasteiger partial charge >= 0.3 is 0 Å². The molecule has 0 saturated heterocycles. The van der Waals surface area contributed by atoms with E-state index in [1.165, 1.54) is 12.6 Å². The van der Waals surface area contributed by atoms with Gasteiger partial charge in [-0.15, -0.1) is 0 Å². The molecule has 1 heterocycles. The SMILES string of the molecule is C1=CC=COOCN=CN=CC=C1. The van der Waals surface area contributed by atoms with Gasteiger partial charge in [0.25, 0.3) is 0 Å². The van der Waals surface area contributed by atoms with Crippen molar-refractivity contribution < 1.29 is 9.78 Å². The lowest BCUT2D eigenvalue weighted by Gasteiger charge is -1.93. The number of nitrogens with zero attached hydrogens (tertiary/aromatic N) is 2. The van der Waals surface area contributed by atoms with Crippen molar-refractivity contribution in [2.75, 3.05) is 6.73 Å². The number of aliphatic imine (C=N–C) groups is 2. The van der Waals surface area contributed by atoms with Gasteiger partial charge in [0.1, 0.15) is 12.6 Å². The van der Waals surface area contributed by atoms with E-state index in [0.29, 0.717) is 0 Å². The van der Waals surface area contributed by atoms with Crippen LogP contribution < -0.4 is 0 Å². The molecule has 0 fully saturated rings. The first-order chi connectivity index (χ1) is 6.50. The van der Waals surface area contributed by atoms with Gasteiger partial charge in [-0.25, -0.2) is 9.98 Å². The van der Waals surface area contributed by atoms with Crippen LogP contribution in [0.25, 0.3) is 0 Å². The highest BCUT2D eigenvalue weighted by Crippen LogP contribution is 1.85. The molecule has 1 aliphatic heterocycles. The molecule has 0 radical (unpaired) electrons. The summed E-state index contributed by atoms with van der Waals surface area (Å²) in [6.45, 7) is 0.134. The minimum Gasteiger partial charge on any atom is -0.344 e. The number of hydrogen-bond donors (Lipinski definition) is 0. The first-order valence-electron chi connectivity index (χ1n) is 3.78. The molecule has 0 aromatic rings. The molecule has 0 spiro atoms. The number of allylic oxidation sites excluding steroid dienone is 5. The molecule has 0 atom stereocenters. The van der Waals surface area contributed by atoms with Crippen molar-refractivity contribution in [2.45, 2.75) is 0 Å². The van der Waals surface area contributed by atoms with Crippen LogP contribution in [0.15, 0.2) is 46.6 Å². The van der Waals surface area contributed by atoms with E-state index < -0.39 is 0 Å². The van der Waals surface area contributed by atoms with Gasteiger partial charge < -0.3 is 4.89 Å². The average Bonchev–Trinajstić information content (AvgIpc) is 2.18.